The van der Waals surface area contributed by atoms with E-state index in [9.17, 15) is 4.79 Å². The number of para-hydroxylation sites is 1. The number of carbonyl (C=O) groups is 1. The van der Waals surface area contributed by atoms with Crippen molar-refractivity contribution in [2.75, 3.05) is 43.6 Å². The van der Waals surface area contributed by atoms with E-state index < -0.39 is 0 Å². The van der Waals surface area contributed by atoms with E-state index in [-0.39, 0.29) is 18.6 Å². The Hall–Kier alpha value is -3.18. The van der Waals surface area contributed by atoms with Crippen LogP contribution in [0.15, 0.2) is 72.8 Å². The Kier molecular flexibility index (Phi) is 6.86. The standard InChI is InChI=1S/C26H28ClN3O2/c1-29(2)22-11-7-20(8-12-22)25(30-16-15-19-5-3-4-6-24(19)30)17-28-26(31)18-32-23-13-9-21(27)10-14-23/h3-14,25H,15-18H2,1-2H3,(H,28,31). The largest absolute Gasteiger partial charge is 0.484 e. The molecule has 1 aliphatic rings. The van der Waals surface area contributed by atoms with E-state index >= 15 is 0 Å². The van der Waals surface area contributed by atoms with E-state index in [1.807, 2.05) is 14.1 Å². The monoisotopic (exact) mass is 449 g/mol. The highest BCUT2D eigenvalue weighted by Gasteiger charge is 2.27. The lowest BCUT2D eigenvalue weighted by molar-refractivity contribution is -0.123. The Morgan fingerprint density at radius 1 is 1.06 bits per heavy atom. The van der Waals surface area contributed by atoms with Gasteiger partial charge in [-0.15, -0.1) is 0 Å². The number of carbonyl (C=O) groups excluding carboxylic acids is 1. The molecule has 0 saturated heterocycles. The van der Waals surface area contributed by atoms with Crippen molar-refractivity contribution < 1.29 is 9.53 Å². The molecule has 1 unspecified atom stereocenters. The van der Waals surface area contributed by atoms with E-state index in [0.29, 0.717) is 17.3 Å². The summed E-state index contributed by atoms with van der Waals surface area (Å²) in [5, 5.41) is 3.70. The summed E-state index contributed by atoms with van der Waals surface area (Å²) in [4.78, 5) is 17.0. The summed E-state index contributed by atoms with van der Waals surface area (Å²) in [5.41, 5.74) is 4.90. The third kappa shape index (κ3) is 5.17. The molecule has 1 amide bonds. The third-order valence-corrected chi connectivity index (χ3v) is 6.02. The minimum absolute atomic E-state index is 0.0364. The van der Waals surface area contributed by atoms with Crippen molar-refractivity contribution in [3.05, 3.63) is 88.9 Å². The Morgan fingerprint density at radius 2 is 1.78 bits per heavy atom. The molecule has 0 aliphatic carbocycles. The van der Waals surface area contributed by atoms with Crippen molar-refractivity contribution in [2.45, 2.75) is 12.5 Å². The van der Waals surface area contributed by atoms with Crippen LogP contribution in [-0.2, 0) is 11.2 Å². The van der Waals surface area contributed by atoms with E-state index in [1.54, 1.807) is 24.3 Å². The maximum Gasteiger partial charge on any atom is 0.258 e. The van der Waals surface area contributed by atoms with E-state index in [4.69, 9.17) is 16.3 Å². The van der Waals surface area contributed by atoms with Gasteiger partial charge in [-0.1, -0.05) is 41.9 Å². The van der Waals surface area contributed by atoms with Gasteiger partial charge in [0.2, 0.25) is 0 Å². The molecule has 1 heterocycles. The Labute approximate surface area is 194 Å². The van der Waals surface area contributed by atoms with Crippen molar-refractivity contribution in [1.29, 1.82) is 0 Å². The van der Waals surface area contributed by atoms with Crippen LogP contribution in [0.4, 0.5) is 11.4 Å². The van der Waals surface area contributed by atoms with Gasteiger partial charge in [-0.3, -0.25) is 4.79 Å². The SMILES string of the molecule is CN(C)c1ccc(C(CNC(=O)COc2ccc(Cl)cc2)N2CCc3ccccc32)cc1. The van der Waals surface area contributed by atoms with Gasteiger partial charge < -0.3 is 19.9 Å². The molecule has 0 spiro atoms. The minimum Gasteiger partial charge on any atom is -0.484 e. The summed E-state index contributed by atoms with van der Waals surface area (Å²) in [5.74, 6) is 0.469. The van der Waals surface area contributed by atoms with Gasteiger partial charge in [0, 0.05) is 43.6 Å². The first-order valence-corrected chi connectivity index (χ1v) is 11.2. The molecular formula is C26H28ClN3O2. The molecule has 6 heteroatoms. The summed E-state index contributed by atoms with van der Waals surface area (Å²) >= 11 is 5.90. The molecule has 32 heavy (non-hydrogen) atoms. The highest BCUT2D eigenvalue weighted by Crippen LogP contribution is 2.35. The van der Waals surface area contributed by atoms with Crippen molar-refractivity contribution in [3.8, 4) is 5.75 Å². The lowest BCUT2D eigenvalue weighted by atomic mass is 10.0. The van der Waals surface area contributed by atoms with Gasteiger partial charge in [0.1, 0.15) is 5.75 Å². The molecule has 3 aromatic carbocycles. The molecule has 166 valence electrons. The fraction of sp³-hybridized carbons (Fsp3) is 0.269. The summed E-state index contributed by atoms with van der Waals surface area (Å²) in [6, 6.07) is 24.1. The Morgan fingerprint density at radius 3 is 2.50 bits per heavy atom. The van der Waals surface area contributed by atoms with Crippen molar-refractivity contribution in [1.82, 2.24) is 5.32 Å². The van der Waals surface area contributed by atoms with Gasteiger partial charge in [0.05, 0.1) is 6.04 Å². The molecular weight excluding hydrogens is 422 g/mol. The number of amides is 1. The molecule has 0 radical (unpaired) electrons. The number of nitrogens with one attached hydrogen (secondary N) is 1. The fourth-order valence-electron chi connectivity index (χ4n) is 4.03. The van der Waals surface area contributed by atoms with Gasteiger partial charge >= 0.3 is 0 Å². The summed E-state index contributed by atoms with van der Waals surface area (Å²) < 4.78 is 5.59. The van der Waals surface area contributed by atoms with Gasteiger partial charge in [0.25, 0.3) is 5.91 Å². The van der Waals surface area contributed by atoms with Crippen LogP contribution < -0.4 is 19.9 Å². The molecule has 0 aromatic heterocycles. The third-order valence-electron chi connectivity index (χ3n) is 5.77. The number of benzene rings is 3. The molecule has 0 bridgehead atoms. The van der Waals surface area contributed by atoms with E-state index in [1.165, 1.54) is 16.8 Å². The average molecular weight is 450 g/mol. The smallest absolute Gasteiger partial charge is 0.258 e. The second kappa shape index (κ2) is 9.96. The molecule has 0 saturated carbocycles. The van der Waals surface area contributed by atoms with Crippen molar-refractivity contribution >= 4 is 28.9 Å². The number of anilines is 2. The van der Waals surface area contributed by atoms with Gasteiger partial charge in [-0.05, 0) is 60.0 Å². The zero-order valence-electron chi connectivity index (χ0n) is 18.4. The van der Waals surface area contributed by atoms with Crippen LogP contribution >= 0.6 is 11.6 Å². The van der Waals surface area contributed by atoms with Gasteiger partial charge in [-0.2, -0.15) is 0 Å². The van der Waals surface area contributed by atoms with Crippen molar-refractivity contribution in [2.24, 2.45) is 0 Å². The second-order valence-electron chi connectivity index (χ2n) is 8.12. The zero-order chi connectivity index (χ0) is 22.5. The zero-order valence-corrected chi connectivity index (χ0v) is 19.2. The highest BCUT2D eigenvalue weighted by atomic mass is 35.5. The first-order valence-electron chi connectivity index (χ1n) is 10.8. The topological polar surface area (TPSA) is 44.8 Å². The van der Waals surface area contributed by atoms with E-state index in [2.05, 4.69) is 63.6 Å². The highest BCUT2D eigenvalue weighted by molar-refractivity contribution is 6.30. The molecule has 3 aromatic rings. The molecule has 1 N–H and O–H groups in total. The average Bonchev–Trinajstić information content (AvgIpc) is 3.23. The van der Waals surface area contributed by atoms with Crippen LogP contribution in [0.2, 0.25) is 5.02 Å². The Bertz CT molecular complexity index is 1050. The predicted octanol–water partition coefficient (Wildman–Crippen LogP) is 4.71. The number of hydrogen-bond acceptors (Lipinski definition) is 4. The molecule has 1 atom stereocenters. The number of nitrogens with zero attached hydrogens (tertiary/aromatic N) is 2. The number of halogens is 1. The fourth-order valence-corrected chi connectivity index (χ4v) is 4.16. The van der Waals surface area contributed by atoms with Gasteiger partial charge in [-0.25, -0.2) is 0 Å². The first kappa shape index (κ1) is 22.0. The van der Waals surface area contributed by atoms with Crippen LogP contribution in [0.25, 0.3) is 0 Å². The maximum atomic E-state index is 12.5. The van der Waals surface area contributed by atoms with Crippen molar-refractivity contribution in [3.63, 3.8) is 0 Å². The maximum absolute atomic E-state index is 12.5. The number of rotatable bonds is 8. The quantitative estimate of drug-likeness (QED) is 0.541. The minimum atomic E-state index is -0.151. The van der Waals surface area contributed by atoms with Crippen LogP contribution in [0.1, 0.15) is 17.2 Å². The summed E-state index contributed by atoms with van der Waals surface area (Å²) in [6.45, 7) is 1.39. The number of ether oxygens (including phenoxy) is 1. The number of hydrogen-bond donors (Lipinski definition) is 1. The molecule has 1 aliphatic heterocycles. The Balaban J connectivity index is 1.47. The number of fused-ring (bicyclic) bond motifs is 1. The lowest BCUT2D eigenvalue weighted by Crippen LogP contribution is -2.39. The van der Waals surface area contributed by atoms with Crippen LogP contribution in [0.3, 0.4) is 0 Å². The van der Waals surface area contributed by atoms with Crippen LogP contribution in [0.5, 0.6) is 5.75 Å². The lowest BCUT2D eigenvalue weighted by Gasteiger charge is -2.31. The molecule has 0 fully saturated rings. The van der Waals surface area contributed by atoms with E-state index in [0.717, 1.165) is 18.7 Å². The van der Waals surface area contributed by atoms with Crippen LogP contribution in [-0.4, -0.2) is 39.7 Å². The normalized spacial score (nSPS) is 13.4. The van der Waals surface area contributed by atoms with Crippen LogP contribution in [0, 0.1) is 0 Å². The molecule has 5 nitrogen and oxygen atoms in total. The summed E-state index contributed by atoms with van der Waals surface area (Å²) in [7, 11) is 4.06. The second-order valence-corrected chi connectivity index (χ2v) is 8.56. The van der Waals surface area contributed by atoms with Gasteiger partial charge in [0.15, 0.2) is 6.61 Å². The predicted molar refractivity (Wildman–Crippen MR) is 131 cm³/mol. The summed E-state index contributed by atoms with van der Waals surface area (Å²) in [6.07, 6.45) is 1.01. The first-order chi connectivity index (χ1) is 15.5. The molecule has 4 rings (SSSR count).